The molecule has 1 heterocycles. The Balaban J connectivity index is 2.84. The van der Waals surface area contributed by atoms with Gasteiger partial charge in [-0.05, 0) is 56.7 Å². The lowest BCUT2D eigenvalue weighted by molar-refractivity contribution is 0.426. The third-order valence-corrected chi connectivity index (χ3v) is 6.55. The standard InChI is InChI=1S/C8H5BI2O2S/c10-7-6-4(9(12)13)2-1-3-5(6)14-8(7)11/h1-3,12-13H. The molecule has 1 aromatic carbocycles. The number of halogens is 2. The van der Waals surface area contributed by atoms with Gasteiger partial charge in [0.1, 0.15) is 0 Å². The average molecular weight is 430 g/mol. The highest BCUT2D eigenvalue weighted by atomic mass is 127. The van der Waals surface area contributed by atoms with E-state index in [2.05, 4.69) is 45.2 Å². The van der Waals surface area contributed by atoms with Crippen molar-refractivity contribution in [1.29, 1.82) is 0 Å². The quantitative estimate of drug-likeness (QED) is 0.536. The van der Waals surface area contributed by atoms with E-state index in [0.29, 0.717) is 5.46 Å². The molecule has 72 valence electrons. The Morgan fingerprint density at radius 2 is 1.93 bits per heavy atom. The van der Waals surface area contributed by atoms with Crippen LogP contribution >= 0.6 is 56.5 Å². The lowest BCUT2D eigenvalue weighted by Gasteiger charge is -2.01. The molecule has 1 aromatic heterocycles. The number of rotatable bonds is 1. The van der Waals surface area contributed by atoms with Crippen LogP contribution in [0, 0.1) is 6.45 Å². The molecule has 0 aliphatic rings. The third-order valence-electron chi connectivity index (χ3n) is 1.93. The molecule has 0 spiro atoms. The summed E-state index contributed by atoms with van der Waals surface area (Å²) in [5.41, 5.74) is 0.589. The van der Waals surface area contributed by atoms with E-state index in [1.54, 1.807) is 17.4 Å². The van der Waals surface area contributed by atoms with Gasteiger partial charge in [-0.15, -0.1) is 11.3 Å². The number of fused-ring (bicyclic) bond motifs is 1. The highest BCUT2D eigenvalue weighted by molar-refractivity contribution is 14.1. The van der Waals surface area contributed by atoms with Crippen molar-refractivity contribution in [3.63, 3.8) is 0 Å². The highest BCUT2D eigenvalue weighted by Gasteiger charge is 2.18. The van der Waals surface area contributed by atoms with E-state index < -0.39 is 7.12 Å². The van der Waals surface area contributed by atoms with Gasteiger partial charge in [-0.25, -0.2) is 0 Å². The van der Waals surface area contributed by atoms with Gasteiger partial charge in [-0.1, -0.05) is 12.1 Å². The van der Waals surface area contributed by atoms with Crippen LogP contribution < -0.4 is 5.46 Å². The van der Waals surface area contributed by atoms with E-state index >= 15 is 0 Å². The van der Waals surface area contributed by atoms with Gasteiger partial charge >= 0.3 is 7.12 Å². The molecule has 14 heavy (non-hydrogen) atoms. The first kappa shape index (κ1) is 11.1. The molecule has 0 saturated heterocycles. The Morgan fingerprint density at radius 3 is 2.57 bits per heavy atom. The summed E-state index contributed by atoms with van der Waals surface area (Å²) in [4.78, 5) is 0. The maximum atomic E-state index is 9.21. The maximum absolute atomic E-state index is 9.21. The van der Waals surface area contributed by atoms with Crippen molar-refractivity contribution in [2.75, 3.05) is 0 Å². The maximum Gasteiger partial charge on any atom is 0.489 e. The molecule has 2 N–H and O–H groups in total. The normalized spacial score (nSPS) is 10.9. The van der Waals surface area contributed by atoms with Crippen LogP contribution in [0.5, 0.6) is 0 Å². The van der Waals surface area contributed by atoms with E-state index in [1.165, 1.54) is 2.88 Å². The van der Waals surface area contributed by atoms with Crippen LogP contribution in [-0.2, 0) is 0 Å². The first-order chi connectivity index (χ1) is 6.61. The van der Waals surface area contributed by atoms with Gasteiger partial charge < -0.3 is 10.0 Å². The van der Waals surface area contributed by atoms with Crippen LogP contribution in [0.4, 0.5) is 0 Å². The average Bonchev–Trinajstić information content (AvgIpc) is 2.43. The molecule has 2 rings (SSSR count). The molecule has 0 aliphatic carbocycles. The summed E-state index contributed by atoms with van der Waals surface area (Å²) < 4.78 is 3.39. The molecule has 0 aliphatic heterocycles. The Kier molecular flexibility index (Phi) is 3.37. The molecule has 0 saturated carbocycles. The Morgan fingerprint density at radius 1 is 1.21 bits per heavy atom. The van der Waals surface area contributed by atoms with Crippen LogP contribution in [0.15, 0.2) is 18.2 Å². The molecule has 0 fully saturated rings. The zero-order valence-corrected chi connectivity index (χ0v) is 12.0. The van der Waals surface area contributed by atoms with Crippen molar-refractivity contribution in [2.24, 2.45) is 0 Å². The van der Waals surface area contributed by atoms with E-state index in [-0.39, 0.29) is 0 Å². The van der Waals surface area contributed by atoms with Gasteiger partial charge in [-0.2, -0.15) is 0 Å². The lowest BCUT2D eigenvalue weighted by atomic mass is 9.78. The van der Waals surface area contributed by atoms with Crippen LogP contribution in [0.2, 0.25) is 0 Å². The minimum absolute atomic E-state index is 0.589. The van der Waals surface area contributed by atoms with Gasteiger partial charge in [-0.3, -0.25) is 0 Å². The minimum atomic E-state index is -1.39. The van der Waals surface area contributed by atoms with Crippen LogP contribution in [-0.4, -0.2) is 17.2 Å². The highest BCUT2D eigenvalue weighted by Crippen LogP contribution is 2.32. The van der Waals surface area contributed by atoms with Gasteiger partial charge in [0.15, 0.2) is 0 Å². The number of hydrogen-bond donors (Lipinski definition) is 2. The molecule has 0 bridgehead atoms. The van der Waals surface area contributed by atoms with Crippen molar-refractivity contribution in [2.45, 2.75) is 0 Å². The fourth-order valence-corrected chi connectivity index (χ4v) is 4.27. The predicted molar refractivity (Wildman–Crippen MR) is 77.1 cm³/mol. The summed E-state index contributed by atoms with van der Waals surface area (Å²) in [5, 5.41) is 19.4. The number of benzene rings is 1. The Labute approximate surface area is 113 Å². The van der Waals surface area contributed by atoms with Crippen LogP contribution in [0.25, 0.3) is 10.1 Å². The van der Waals surface area contributed by atoms with Crippen molar-refractivity contribution in [3.05, 3.63) is 24.7 Å². The fourth-order valence-electron chi connectivity index (χ4n) is 1.32. The van der Waals surface area contributed by atoms with Crippen molar-refractivity contribution in [1.82, 2.24) is 0 Å². The second-order valence-corrected chi connectivity index (χ2v) is 6.73. The summed E-state index contributed by atoms with van der Waals surface area (Å²) in [6.07, 6.45) is 0. The molecule has 0 amide bonds. The Hall–Kier alpha value is 0.625. The van der Waals surface area contributed by atoms with Crippen molar-refractivity contribution >= 4 is 79.2 Å². The van der Waals surface area contributed by atoms with Gasteiger partial charge in [0.25, 0.3) is 0 Å². The lowest BCUT2D eigenvalue weighted by Crippen LogP contribution is -2.30. The zero-order chi connectivity index (χ0) is 10.3. The number of hydrogen-bond acceptors (Lipinski definition) is 3. The monoisotopic (exact) mass is 430 g/mol. The summed E-state index contributed by atoms with van der Waals surface area (Å²) in [6, 6.07) is 5.59. The van der Waals surface area contributed by atoms with Gasteiger partial charge in [0.2, 0.25) is 0 Å². The first-order valence-electron chi connectivity index (χ1n) is 3.84. The Bertz CT molecular complexity index is 483. The van der Waals surface area contributed by atoms with Gasteiger partial charge in [0, 0.05) is 13.7 Å². The van der Waals surface area contributed by atoms with E-state index in [4.69, 9.17) is 0 Å². The topological polar surface area (TPSA) is 40.5 Å². The number of thiophene rings is 1. The second kappa shape index (κ2) is 4.24. The zero-order valence-electron chi connectivity index (χ0n) is 6.87. The SMILES string of the molecule is OB(O)c1cccc2sc(I)c(I)c12. The summed E-state index contributed by atoms with van der Waals surface area (Å²) >= 11 is 6.17. The van der Waals surface area contributed by atoms with Crippen LogP contribution in [0.3, 0.4) is 0 Å². The predicted octanol–water partition coefficient (Wildman–Crippen LogP) is 1.79. The summed E-state index contributed by atoms with van der Waals surface area (Å²) in [6.45, 7) is 0. The molecular weight excluding hydrogens is 425 g/mol. The third kappa shape index (κ3) is 1.82. The summed E-state index contributed by atoms with van der Waals surface area (Å²) in [7, 11) is -1.39. The molecule has 0 radical (unpaired) electrons. The molecule has 6 heteroatoms. The fraction of sp³-hybridized carbons (Fsp3) is 0. The first-order valence-corrected chi connectivity index (χ1v) is 6.81. The largest absolute Gasteiger partial charge is 0.489 e. The molecular formula is C8H5BI2O2S. The second-order valence-electron chi connectivity index (χ2n) is 2.78. The molecule has 0 unspecified atom stereocenters. The van der Waals surface area contributed by atoms with Crippen molar-refractivity contribution < 1.29 is 10.0 Å². The van der Waals surface area contributed by atoms with E-state index in [0.717, 1.165) is 13.7 Å². The smallest absolute Gasteiger partial charge is 0.423 e. The molecule has 2 nitrogen and oxygen atoms in total. The van der Waals surface area contributed by atoms with E-state index in [9.17, 15) is 10.0 Å². The van der Waals surface area contributed by atoms with Gasteiger partial charge in [0.05, 0.1) is 2.88 Å². The molecule has 0 atom stereocenters. The van der Waals surface area contributed by atoms with E-state index in [1.807, 2.05) is 12.1 Å². The summed E-state index contributed by atoms with van der Waals surface area (Å²) in [5.74, 6) is 0. The van der Waals surface area contributed by atoms with Crippen molar-refractivity contribution in [3.8, 4) is 0 Å². The minimum Gasteiger partial charge on any atom is -0.423 e. The molecule has 2 aromatic rings. The van der Waals surface area contributed by atoms with Crippen LogP contribution in [0.1, 0.15) is 0 Å².